The van der Waals surface area contributed by atoms with Crippen molar-refractivity contribution in [3.63, 3.8) is 0 Å². The van der Waals surface area contributed by atoms with Crippen LogP contribution in [0.25, 0.3) is 0 Å². The highest BCUT2D eigenvalue weighted by Gasteiger charge is 2.43. The van der Waals surface area contributed by atoms with Gasteiger partial charge in [0.2, 0.25) is 10.0 Å². The Morgan fingerprint density at radius 3 is 2.55 bits per heavy atom. The molecule has 2 N–H and O–H groups in total. The van der Waals surface area contributed by atoms with Crippen molar-refractivity contribution in [3.05, 3.63) is 29.8 Å². The molecule has 2 heterocycles. The molecule has 1 aliphatic carbocycles. The van der Waals surface area contributed by atoms with Crippen molar-refractivity contribution in [2.75, 3.05) is 32.9 Å². The lowest BCUT2D eigenvalue weighted by atomic mass is 9.86. The lowest BCUT2D eigenvalue weighted by Crippen LogP contribution is -2.48. The van der Waals surface area contributed by atoms with Crippen molar-refractivity contribution in [2.24, 2.45) is 10.9 Å². The van der Waals surface area contributed by atoms with E-state index in [0.717, 1.165) is 50.4 Å². The number of fused-ring (bicyclic) bond motifs is 1. The Morgan fingerprint density at radius 1 is 1.23 bits per heavy atom. The molecule has 0 radical (unpaired) electrons. The zero-order valence-electron chi connectivity index (χ0n) is 18.5. The third kappa shape index (κ3) is 5.84. The molecule has 0 amide bonds. The molecule has 31 heavy (non-hydrogen) atoms. The van der Waals surface area contributed by atoms with Crippen molar-refractivity contribution >= 4 is 40.0 Å². The molecule has 1 aromatic carbocycles. The fourth-order valence-corrected chi connectivity index (χ4v) is 5.99. The first-order valence-electron chi connectivity index (χ1n) is 11.1. The summed E-state index contributed by atoms with van der Waals surface area (Å²) >= 11 is 0. The zero-order chi connectivity index (χ0) is 21.2. The number of piperidine rings is 1. The van der Waals surface area contributed by atoms with E-state index in [1.807, 2.05) is 6.07 Å². The maximum absolute atomic E-state index is 11.7. The molecule has 0 aromatic heterocycles. The van der Waals surface area contributed by atoms with Crippen LogP contribution in [0, 0.1) is 5.92 Å². The van der Waals surface area contributed by atoms with E-state index in [1.165, 1.54) is 24.7 Å². The Labute approximate surface area is 203 Å². The normalized spacial score (nSPS) is 24.2. The van der Waals surface area contributed by atoms with E-state index in [4.69, 9.17) is 4.74 Å². The van der Waals surface area contributed by atoms with Crippen LogP contribution in [0.15, 0.2) is 29.3 Å². The number of nitrogens with zero attached hydrogens (tertiary/aromatic N) is 2. The van der Waals surface area contributed by atoms with Gasteiger partial charge in [-0.3, -0.25) is 4.99 Å². The van der Waals surface area contributed by atoms with Gasteiger partial charge >= 0.3 is 0 Å². The Balaban J connectivity index is 0.00000272. The van der Waals surface area contributed by atoms with Gasteiger partial charge in [-0.1, -0.05) is 18.2 Å². The number of benzene rings is 1. The van der Waals surface area contributed by atoms with Gasteiger partial charge in [-0.25, -0.2) is 12.7 Å². The summed E-state index contributed by atoms with van der Waals surface area (Å²) in [6.45, 7) is 2.01. The molecular formula is C22H35IN4O3S. The molecule has 174 valence electrons. The van der Waals surface area contributed by atoms with Crippen LogP contribution >= 0.6 is 24.0 Å². The van der Waals surface area contributed by atoms with Crippen LogP contribution in [0.3, 0.4) is 0 Å². The van der Waals surface area contributed by atoms with Gasteiger partial charge in [0.15, 0.2) is 5.96 Å². The minimum Gasteiger partial charge on any atom is -0.487 e. The lowest BCUT2D eigenvalue weighted by Gasteiger charge is -2.40. The number of aliphatic imine (C=N–C) groups is 1. The Bertz CT molecular complexity index is 878. The number of hydrogen-bond acceptors (Lipinski definition) is 4. The van der Waals surface area contributed by atoms with Gasteiger partial charge in [0.1, 0.15) is 11.4 Å². The van der Waals surface area contributed by atoms with Crippen LogP contribution < -0.4 is 15.4 Å². The van der Waals surface area contributed by atoms with Crippen LogP contribution in [-0.4, -0.2) is 57.2 Å². The summed E-state index contributed by atoms with van der Waals surface area (Å²) in [5.41, 5.74) is 1.14. The van der Waals surface area contributed by atoms with E-state index in [0.29, 0.717) is 19.0 Å². The maximum atomic E-state index is 11.7. The molecule has 2 aliphatic heterocycles. The molecule has 1 saturated heterocycles. The molecule has 4 rings (SSSR count). The monoisotopic (exact) mass is 562 g/mol. The summed E-state index contributed by atoms with van der Waals surface area (Å²) in [5.74, 6) is 2.24. The van der Waals surface area contributed by atoms with Crippen LogP contribution in [0.2, 0.25) is 0 Å². The van der Waals surface area contributed by atoms with Crippen molar-refractivity contribution in [1.29, 1.82) is 0 Å². The third-order valence-corrected chi connectivity index (χ3v) is 8.15. The van der Waals surface area contributed by atoms with E-state index in [9.17, 15) is 8.42 Å². The van der Waals surface area contributed by atoms with E-state index in [1.54, 1.807) is 11.4 Å². The Morgan fingerprint density at radius 2 is 1.90 bits per heavy atom. The maximum Gasteiger partial charge on any atom is 0.211 e. The quantitative estimate of drug-likeness (QED) is 0.335. The molecule has 1 aromatic rings. The molecular weight excluding hydrogens is 527 g/mol. The molecule has 9 heteroatoms. The number of rotatable bonds is 4. The highest BCUT2D eigenvalue weighted by Crippen LogP contribution is 2.46. The van der Waals surface area contributed by atoms with Gasteiger partial charge in [-0.05, 0) is 50.5 Å². The summed E-state index contributed by atoms with van der Waals surface area (Å²) in [5, 5.41) is 7.12. The van der Waals surface area contributed by atoms with Crippen LogP contribution in [0.4, 0.5) is 0 Å². The fraction of sp³-hybridized carbons (Fsp3) is 0.682. The molecule has 2 fully saturated rings. The molecule has 1 unspecified atom stereocenters. The van der Waals surface area contributed by atoms with E-state index < -0.39 is 10.0 Å². The van der Waals surface area contributed by atoms with Crippen LogP contribution in [-0.2, 0) is 10.0 Å². The molecule has 0 bridgehead atoms. The van der Waals surface area contributed by atoms with Gasteiger partial charge in [-0.15, -0.1) is 24.0 Å². The van der Waals surface area contributed by atoms with Crippen molar-refractivity contribution in [1.82, 2.24) is 14.9 Å². The first kappa shape index (κ1) is 24.6. The first-order chi connectivity index (χ1) is 14.4. The largest absolute Gasteiger partial charge is 0.487 e. The minimum atomic E-state index is -3.08. The number of nitrogens with one attached hydrogen (secondary N) is 2. The van der Waals surface area contributed by atoms with Gasteiger partial charge in [0.25, 0.3) is 0 Å². The molecule has 1 saturated carbocycles. The molecule has 3 aliphatic rings. The predicted molar refractivity (Wildman–Crippen MR) is 135 cm³/mol. The van der Waals surface area contributed by atoms with Crippen LogP contribution in [0.5, 0.6) is 5.75 Å². The third-order valence-electron chi connectivity index (χ3n) is 6.85. The smallest absolute Gasteiger partial charge is 0.211 e. The first-order valence-corrected chi connectivity index (χ1v) is 12.9. The molecule has 1 spiro atoms. The number of halogens is 1. The average Bonchev–Trinajstić information content (AvgIpc) is 3.18. The van der Waals surface area contributed by atoms with Gasteiger partial charge < -0.3 is 15.4 Å². The number of guanidine groups is 1. The second kappa shape index (κ2) is 10.2. The van der Waals surface area contributed by atoms with Crippen LogP contribution in [0.1, 0.15) is 56.6 Å². The summed E-state index contributed by atoms with van der Waals surface area (Å²) < 4.78 is 31.5. The average molecular weight is 563 g/mol. The van der Waals surface area contributed by atoms with Crippen molar-refractivity contribution in [2.45, 2.75) is 56.6 Å². The summed E-state index contributed by atoms with van der Waals surface area (Å²) in [6.07, 6.45) is 8.69. The highest BCUT2D eigenvalue weighted by atomic mass is 127. The summed E-state index contributed by atoms with van der Waals surface area (Å²) in [7, 11) is -1.28. The Hall–Kier alpha value is -1.07. The van der Waals surface area contributed by atoms with Crippen molar-refractivity contribution in [3.8, 4) is 5.75 Å². The topological polar surface area (TPSA) is 83.0 Å². The number of sulfonamides is 1. The highest BCUT2D eigenvalue weighted by molar-refractivity contribution is 14.0. The fourth-order valence-electron chi connectivity index (χ4n) is 5.12. The number of para-hydroxylation sites is 1. The van der Waals surface area contributed by atoms with Gasteiger partial charge in [-0.2, -0.15) is 0 Å². The van der Waals surface area contributed by atoms with E-state index >= 15 is 0 Å². The van der Waals surface area contributed by atoms with Crippen molar-refractivity contribution < 1.29 is 13.2 Å². The minimum absolute atomic E-state index is 0. The molecule has 7 nitrogen and oxygen atoms in total. The van der Waals surface area contributed by atoms with Gasteiger partial charge in [0.05, 0.1) is 12.3 Å². The second-order valence-corrected chi connectivity index (χ2v) is 11.0. The predicted octanol–water partition coefficient (Wildman–Crippen LogP) is 3.28. The van der Waals surface area contributed by atoms with E-state index in [-0.39, 0.29) is 35.6 Å². The molecule has 1 atom stereocenters. The number of hydrogen-bond donors (Lipinski definition) is 2. The zero-order valence-corrected chi connectivity index (χ0v) is 21.6. The standard InChI is InChI=1S/C22H34N4O3S.HI/c1-23-21(24-16-17-9-13-26(14-10-17)30(2,27)28)25-19-15-22(11-5-6-12-22)29-20-8-4-3-7-18(19)20;/h3-4,7-8,17,19H,5-6,9-16H2,1-2H3,(H2,23,24,25);1H. The number of ether oxygens (including phenoxy) is 1. The van der Waals surface area contributed by atoms with E-state index in [2.05, 4.69) is 33.8 Å². The second-order valence-electron chi connectivity index (χ2n) is 8.99. The SMILES string of the molecule is CN=C(NCC1CCN(S(C)(=O)=O)CC1)NC1CC2(CCCC2)Oc2ccccc21.I. The lowest BCUT2D eigenvalue weighted by molar-refractivity contribution is 0.0396. The summed E-state index contributed by atoms with van der Waals surface area (Å²) in [6, 6.07) is 8.50. The van der Waals surface area contributed by atoms with Gasteiger partial charge in [0, 0.05) is 38.7 Å². The Kier molecular flexibility index (Phi) is 8.12. The summed E-state index contributed by atoms with van der Waals surface area (Å²) in [4.78, 5) is 4.46.